The molecule has 1 unspecified atom stereocenters. The molecule has 74 valence electrons. The first-order valence-electron chi connectivity index (χ1n) is 5.21. The molecule has 1 atom stereocenters. The van der Waals surface area contributed by atoms with Gasteiger partial charge in [-0.25, -0.2) is 0 Å². The summed E-state index contributed by atoms with van der Waals surface area (Å²) in [4.78, 5) is 11.5. The number of hydrogen-bond acceptors (Lipinski definition) is 1. The Morgan fingerprint density at radius 2 is 2.46 bits per heavy atom. The van der Waals surface area contributed by atoms with Gasteiger partial charge in [0, 0.05) is 12.1 Å². The van der Waals surface area contributed by atoms with E-state index in [1.165, 1.54) is 6.42 Å². The van der Waals surface area contributed by atoms with E-state index < -0.39 is 0 Å². The lowest BCUT2D eigenvalue weighted by molar-refractivity contribution is -0.117. The number of hydrogen-bond donors (Lipinski definition) is 1. The van der Waals surface area contributed by atoms with Gasteiger partial charge in [-0.15, -0.1) is 0 Å². The topological polar surface area (TPSA) is 29.1 Å². The lowest BCUT2D eigenvalue weighted by Crippen LogP contribution is -2.27. The zero-order valence-electron chi connectivity index (χ0n) is 8.60. The van der Waals surface area contributed by atoms with Crippen molar-refractivity contribution in [1.29, 1.82) is 0 Å². The second-order valence-corrected chi connectivity index (χ2v) is 3.87. The van der Waals surface area contributed by atoms with Crippen molar-refractivity contribution in [3.05, 3.63) is 11.6 Å². The quantitative estimate of drug-likeness (QED) is 0.711. The van der Waals surface area contributed by atoms with Gasteiger partial charge in [0.2, 0.25) is 5.91 Å². The van der Waals surface area contributed by atoms with E-state index in [9.17, 15) is 4.79 Å². The molecule has 0 aromatic heterocycles. The molecule has 1 rings (SSSR count). The number of carbonyl (C=O) groups excluding carboxylic acids is 1. The molecule has 13 heavy (non-hydrogen) atoms. The van der Waals surface area contributed by atoms with Gasteiger partial charge in [-0.3, -0.25) is 4.79 Å². The number of rotatable bonds is 3. The summed E-state index contributed by atoms with van der Waals surface area (Å²) in [6.07, 6.45) is 6.34. The fourth-order valence-corrected chi connectivity index (χ4v) is 1.64. The van der Waals surface area contributed by atoms with Crippen LogP contribution in [-0.2, 0) is 4.79 Å². The van der Waals surface area contributed by atoms with Gasteiger partial charge in [-0.1, -0.05) is 19.9 Å². The average molecular weight is 181 g/mol. The second kappa shape index (κ2) is 5.05. The van der Waals surface area contributed by atoms with Gasteiger partial charge in [0.15, 0.2) is 0 Å². The Bertz CT molecular complexity index is 208. The minimum Gasteiger partial charge on any atom is -0.352 e. The fourth-order valence-electron chi connectivity index (χ4n) is 1.64. The highest BCUT2D eigenvalue weighted by Gasteiger charge is 2.15. The van der Waals surface area contributed by atoms with E-state index in [0.717, 1.165) is 31.4 Å². The van der Waals surface area contributed by atoms with Crippen molar-refractivity contribution in [3.8, 4) is 0 Å². The third kappa shape index (κ3) is 3.21. The lowest BCUT2D eigenvalue weighted by Gasteiger charge is -2.18. The zero-order chi connectivity index (χ0) is 9.68. The van der Waals surface area contributed by atoms with Crippen LogP contribution in [0.5, 0.6) is 0 Å². The normalized spacial score (nSPS) is 22.3. The Hall–Kier alpha value is -0.790. The van der Waals surface area contributed by atoms with E-state index in [-0.39, 0.29) is 5.91 Å². The van der Waals surface area contributed by atoms with Gasteiger partial charge in [0.1, 0.15) is 0 Å². The second-order valence-electron chi connectivity index (χ2n) is 3.87. The van der Waals surface area contributed by atoms with Gasteiger partial charge in [0.25, 0.3) is 0 Å². The third-order valence-electron chi connectivity index (χ3n) is 2.45. The highest BCUT2D eigenvalue weighted by atomic mass is 16.1. The maximum absolute atomic E-state index is 11.5. The molecule has 0 aromatic rings. The molecule has 1 aliphatic rings. The highest BCUT2D eigenvalue weighted by Crippen LogP contribution is 2.23. The van der Waals surface area contributed by atoms with E-state index in [4.69, 9.17) is 0 Å². The molecule has 0 bridgehead atoms. The summed E-state index contributed by atoms with van der Waals surface area (Å²) in [5.41, 5.74) is 0.993. The van der Waals surface area contributed by atoms with Crippen LogP contribution in [-0.4, -0.2) is 12.5 Å². The SMILES string of the molecule is CCCNC(=O)C1=CCCC(C)C1. The maximum Gasteiger partial charge on any atom is 0.246 e. The van der Waals surface area contributed by atoms with Crippen molar-refractivity contribution in [3.63, 3.8) is 0 Å². The van der Waals surface area contributed by atoms with Crippen molar-refractivity contribution >= 4 is 5.91 Å². The Kier molecular flexibility index (Phi) is 4.00. The molecule has 1 N–H and O–H groups in total. The van der Waals surface area contributed by atoms with E-state index in [1.54, 1.807) is 0 Å². The highest BCUT2D eigenvalue weighted by molar-refractivity contribution is 5.93. The first-order valence-corrected chi connectivity index (χ1v) is 5.21. The Morgan fingerprint density at radius 3 is 3.08 bits per heavy atom. The molecule has 0 saturated heterocycles. The van der Waals surface area contributed by atoms with Crippen molar-refractivity contribution in [2.45, 2.75) is 39.5 Å². The number of carbonyl (C=O) groups is 1. The smallest absolute Gasteiger partial charge is 0.246 e. The number of amides is 1. The molecule has 0 radical (unpaired) electrons. The first kappa shape index (κ1) is 10.3. The van der Waals surface area contributed by atoms with Crippen molar-refractivity contribution in [1.82, 2.24) is 5.32 Å². The number of nitrogens with one attached hydrogen (secondary N) is 1. The van der Waals surface area contributed by atoms with E-state index >= 15 is 0 Å². The summed E-state index contributed by atoms with van der Waals surface area (Å²) in [6, 6.07) is 0. The molecule has 0 aromatic carbocycles. The van der Waals surface area contributed by atoms with E-state index in [1.807, 2.05) is 0 Å². The van der Waals surface area contributed by atoms with Crippen molar-refractivity contribution < 1.29 is 4.79 Å². The fraction of sp³-hybridized carbons (Fsp3) is 0.727. The zero-order valence-corrected chi connectivity index (χ0v) is 8.60. The molecular weight excluding hydrogens is 162 g/mol. The predicted octanol–water partition coefficient (Wildman–Crippen LogP) is 2.26. The summed E-state index contributed by atoms with van der Waals surface area (Å²) in [5.74, 6) is 0.820. The summed E-state index contributed by atoms with van der Waals surface area (Å²) in [6.45, 7) is 5.07. The van der Waals surface area contributed by atoms with Crippen molar-refractivity contribution in [2.24, 2.45) is 5.92 Å². The van der Waals surface area contributed by atoms with Gasteiger partial charge in [-0.05, 0) is 31.6 Å². The minimum atomic E-state index is 0.147. The van der Waals surface area contributed by atoms with Gasteiger partial charge in [-0.2, -0.15) is 0 Å². The monoisotopic (exact) mass is 181 g/mol. The largest absolute Gasteiger partial charge is 0.352 e. The summed E-state index contributed by atoms with van der Waals surface area (Å²) >= 11 is 0. The third-order valence-corrected chi connectivity index (χ3v) is 2.45. The molecule has 0 aliphatic heterocycles. The van der Waals surface area contributed by atoms with Crippen LogP contribution >= 0.6 is 0 Å². The van der Waals surface area contributed by atoms with Gasteiger partial charge in [0.05, 0.1) is 0 Å². The Balaban J connectivity index is 2.41. The lowest BCUT2D eigenvalue weighted by atomic mass is 9.90. The van der Waals surface area contributed by atoms with Gasteiger partial charge < -0.3 is 5.32 Å². The van der Waals surface area contributed by atoms with Crippen LogP contribution in [0.15, 0.2) is 11.6 Å². The Morgan fingerprint density at radius 1 is 1.69 bits per heavy atom. The number of allylic oxidation sites excluding steroid dienone is 1. The molecule has 0 heterocycles. The van der Waals surface area contributed by atoms with Crippen LogP contribution in [0, 0.1) is 5.92 Å². The minimum absolute atomic E-state index is 0.147. The first-order chi connectivity index (χ1) is 6.24. The molecule has 0 fully saturated rings. The molecule has 2 heteroatoms. The molecule has 1 amide bonds. The summed E-state index contributed by atoms with van der Waals surface area (Å²) < 4.78 is 0. The average Bonchev–Trinajstić information content (AvgIpc) is 2.14. The van der Waals surface area contributed by atoms with Crippen LogP contribution in [0.4, 0.5) is 0 Å². The molecule has 0 saturated carbocycles. The van der Waals surface area contributed by atoms with Crippen LogP contribution < -0.4 is 5.32 Å². The van der Waals surface area contributed by atoms with Crippen LogP contribution in [0.2, 0.25) is 0 Å². The van der Waals surface area contributed by atoms with Crippen LogP contribution in [0.1, 0.15) is 39.5 Å². The Labute approximate surface area is 80.4 Å². The van der Waals surface area contributed by atoms with Crippen molar-refractivity contribution in [2.75, 3.05) is 6.54 Å². The van der Waals surface area contributed by atoms with E-state index in [0.29, 0.717) is 5.92 Å². The summed E-state index contributed by atoms with van der Waals surface area (Å²) in [5, 5.41) is 2.92. The van der Waals surface area contributed by atoms with E-state index in [2.05, 4.69) is 25.2 Å². The molecule has 0 spiro atoms. The van der Waals surface area contributed by atoms with Gasteiger partial charge >= 0.3 is 0 Å². The van der Waals surface area contributed by atoms with Crippen LogP contribution in [0.3, 0.4) is 0 Å². The molecule has 2 nitrogen and oxygen atoms in total. The molecular formula is C11H19NO. The van der Waals surface area contributed by atoms with Crippen LogP contribution in [0.25, 0.3) is 0 Å². The maximum atomic E-state index is 11.5. The predicted molar refractivity (Wildman–Crippen MR) is 54.4 cm³/mol. The summed E-state index contributed by atoms with van der Waals surface area (Å²) in [7, 11) is 0. The molecule has 1 aliphatic carbocycles. The standard InChI is InChI=1S/C11H19NO/c1-3-7-12-11(13)10-6-4-5-9(2)8-10/h6,9H,3-5,7-8H2,1-2H3,(H,12,13).